The summed E-state index contributed by atoms with van der Waals surface area (Å²) in [5.74, 6) is -1.66. The molecule has 10 heteroatoms. The number of hydrogen-bond donors (Lipinski definition) is 2. The fourth-order valence-corrected chi connectivity index (χ4v) is 3.07. The molecule has 0 aromatic heterocycles. The lowest BCUT2D eigenvalue weighted by molar-refractivity contribution is -0.136. The number of para-hydroxylation sites is 1. The Morgan fingerprint density at radius 3 is 2.34 bits per heavy atom. The Balaban J connectivity index is 1.62. The molecule has 0 aliphatic carbocycles. The first-order valence-corrected chi connectivity index (χ1v) is 10.6. The molecule has 2 amide bonds. The van der Waals surface area contributed by atoms with E-state index in [1.165, 1.54) is 26.5 Å². The molecule has 3 rings (SSSR count). The van der Waals surface area contributed by atoms with Crippen molar-refractivity contribution in [3.05, 3.63) is 82.4 Å². The van der Waals surface area contributed by atoms with Gasteiger partial charge in [0.1, 0.15) is 11.3 Å². The van der Waals surface area contributed by atoms with E-state index in [1.54, 1.807) is 54.6 Å². The average molecular weight is 496 g/mol. The molecule has 3 aromatic carbocycles. The molecule has 2 N–H and O–H groups in total. The van der Waals surface area contributed by atoms with Crippen LogP contribution in [0.4, 0.5) is 5.69 Å². The highest BCUT2D eigenvalue weighted by atomic mass is 35.5. The summed E-state index contributed by atoms with van der Waals surface area (Å²) in [7, 11) is 2.88. The third kappa shape index (κ3) is 6.58. The minimum Gasteiger partial charge on any atom is -0.496 e. The third-order valence-corrected chi connectivity index (χ3v) is 5.14. The number of carbonyl (C=O) groups excluding carboxylic acids is 3. The molecular weight excluding hydrogens is 474 g/mol. The van der Waals surface area contributed by atoms with Crippen LogP contribution >= 0.6 is 11.6 Å². The lowest BCUT2D eigenvalue weighted by Gasteiger charge is -2.11. The van der Waals surface area contributed by atoms with Crippen molar-refractivity contribution in [1.82, 2.24) is 5.43 Å². The number of anilines is 1. The standard InChI is InChI=1S/C25H22ClN3O6/c1-15-8-10-17(13-19(15)26)28-23(30)24(31)29-27-14-16-9-11-21(22(12-16)34-3)35-25(32)18-6-4-5-7-20(18)33-2/h4-14H,1-3H3,(H,28,30)(H,29,31)/b27-14+. The summed E-state index contributed by atoms with van der Waals surface area (Å²) in [5, 5.41) is 6.68. The summed E-state index contributed by atoms with van der Waals surface area (Å²) >= 11 is 6.02. The topological polar surface area (TPSA) is 115 Å². The average Bonchev–Trinajstić information content (AvgIpc) is 2.86. The van der Waals surface area contributed by atoms with E-state index in [0.717, 1.165) is 5.56 Å². The molecule has 0 bridgehead atoms. The minimum atomic E-state index is -0.965. The zero-order valence-corrected chi connectivity index (χ0v) is 19.9. The van der Waals surface area contributed by atoms with Crippen LogP contribution < -0.4 is 25.0 Å². The van der Waals surface area contributed by atoms with Crippen molar-refractivity contribution in [2.24, 2.45) is 5.10 Å². The second kappa shape index (κ2) is 11.7. The number of nitrogens with one attached hydrogen (secondary N) is 2. The van der Waals surface area contributed by atoms with Crippen LogP contribution in [0.2, 0.25) is 5.02 Å². The number of carbonyl (C=O) groups is 3. The first-order chi connectivity index (χ1) is 16.8. The fourth-order valence-electron chi connectivity index (χ4n) is 2.89. The lowest BCUT2D eigenvalue weighted by Crippen LogP contribution is -2.32. The van der Waals surface area contributed by atoms with E-state index in [4.69, 9.17) is 25.8 Å². The van der Waals surface area contributed by atoms with Gasteiger partial charge in [0.2, 0.25) is 0 Å². The second-order valence-electron chi connectivity index (χ2n) is 7.12. The van der Waals surface area contributed by atoms with Gasteiger partial charge in [-0.05, 0) is 60.5 Å². The van der Waals surface area contributed by atoms with Crippen molar-refractivity contribution in [3.8, 4) is 17.2 Å². The number of methoxy groups -OCH3 is 2. The Kier molecular flexibility index (Phi) is 8.42. The Hall–Kier alpha value is -4.37. The van der Waals surface area contributed by atoms with Gasteiger partial charge in [-0.1, -0.05) is 29.8 Å². The molecule has 0 aliphatic rings. The highest BCUT2D eigenvalue weighted by Crippen LogP contribution is 2.29. The molecule has 0 fully saturated rings. The number of benzene rings is 3. The molecule has 0 unspecified atom stereocenters. The molecule has 180 valence electrons. The molecule has 0 aliphatic heterocycles. The van der Waals surface area contributed by atoms with E-state index in [-0.39, 0.29) is 17.1 Å². The minimum absolute atomic E-state index is 0.181. The van der Waals surface area contributed by atoms with Gasteiger partial charge < -0.3 is 19.5 Å². The number of halogens is 1. The summed E-state index contributed by atoms with van der Waals surface area (Å²) in [4.78, 5) is 36.6. The Morgan fingerprint density at radius 1 is 0.886 bits per heavy atom. The number of rotatable bonds is 7. The zero-order valence-electron chi connectivity index (χ0n) is 19.1. The number of ether oxygens (including phenoxy) is 3. The summed E-state index contributed by atoms with van der Waals surface area (Å²) < 4.78 is 15.9. The number of aryl methyl sites for hydroxylation is 1. The summed E-state index contributed by atoms with van der Waals surface area (Å²) in [6.45, 7) is 1.82. The van der Waals surface area contributed by atoms with Gasteiger partial charge in [-0.3, -0.25) is 9.59 Å². The van der Waals surface area contributed by atoms with Crippen LogP contribution in [0.1, 0.15) is 21.5 Å². The van der Waals surface area contributed by atoms with Gasteiger partial charge in [0.15, 0.2) is 11.5 Å². The maximum atomic E-state index is 12.5. The van der Waals surface area contributed by atoms with Crippen LogP contribution in [0.3, 0.4) is 0 Å². The summed E-state index contributed by atoms with van der Waals surface area (Å²) in [5.41, 5.74) is 4.14. The van der Waals surface area contributed by atoms with Gasteiger partial charge in [0.05, 0.1) is 20.4 Å². The SMILES string of the molecule is COc1cc(/C=N/NC(=O)C(=O)Nc2ccc(C)c(Cl)c2)ccc1OC(=O)c1ccccc1OC. The van der Waals surface area contributed by atoms with Gasteiger partial charge >= 0.3 is 17.8 Å². The Morgan fingerprint density at radius 2 is 1.63 bits per heavy atom. The maximum Gasteiger partial charge on any atom is 0.347 e. The summed E-state index contributed by atoms with van der Waals surface area (Å²) in [6, 6.07) is 16.2. The van der Waals surface area contributed by atoms with Crippen LogP contribution in [0.15, 0.2) is 65.8 Å². The van der Waals surface area contributed by atoms with E-state index in [2.05, 4.69) is 15.8 Å². The van der Waals surface area contributed by atoms with Crippen molar-refractivity contribution in [2.45, 2.75) is 6.92 Å². The van der Waals surface area contributed by atoms with E-state index in [9.17, 15) is 14.4 Å². The van der Waals surface area contributed by atoms with Crippen LogP contribution in [0.25, 0.3) is 0 Å². The first kappa shape index (κ1) is 25.3. The Labute approximate surface area is 206 Å². The predicted octanol–water partition coefficient (Wildman–Crippen LogP) is 3.97. The largest absolute Gasteiger partial charge is 0.496 e. The molecule has 0 heterocycles. The second-order valence-corrected chi connectivity index (χ2v) is 7.52. The van der Waals surface area contributed by atoms with E-state index >= 15 is 0 Å². The van der Waals surface area contributed by atoms with E-state index in [1.807, 2.05) is 6.92 Å². The van der Waals surface area contributed by atoms with Crippen LogP contribution in [-0.4, -0.2) is 38.2 Å². The third-order valence-electron chi connectivity index (χ3n) is 4.73. The van der Waals surface area contributed by atoms with Gasteiger partial charge in [0.25, 0.3) is 0 Å². The van der Waals surface area contributed by atoms with Gasteiger partial charge in [0, 0.05) is 10.7 Å². The quantitative estimate of drug-likeness (QED) is 0.168. The van der Waals surface area contributed by atoms with Gasteiger partial charge in [-0.25, -0.2) is 10.2 Å². The molecule has 35 heavy (non-hydrogen) atoms. The summed E-state index contributed by atoms with van der Waals surface area (Å²) in [6.07, 6.45) is 1.31. The van der Waals surface area contributed by atoms with E-state index in [0.29, 0.717) is 22.0 Å². The van der Waals surface area contributed by atoms with Crippen molar-refractivity contribution in [1.29, 1.82) is 0 Å². The van der Waals surface area contributed by atoms with Crippen LogP contribution in [0.5, 0.6) is 17.2 Å². The predicted molar refractivity (Wildman–Crippen MR) is 132 cm³/mol. The number of hydrogen-bond acceptors (Lipinski definition) is 7. The number of esters is 1. The lowest BCUT2D eigenvalue weighted by atomic mass is 10.2. The molecule has 9 nitrogen and oxygen atoms in total. The monoisotopic (exact) mass is 495 g/mol. The van der Waals surface area contributed by atoms with Gasteiger partial charge in [-0.2, -0.15) is 5.10 Å². The molecule has 0 spiro atoms. The van der Waals surface area contributed by atoms with Crippen molar-refractivity contribution >= 4 is 41.3 Å². The highest BCUT2D eigenvalue weighted by Gasteiger charge is 2.17. The molecule has 0 saturated carbocycles. The number of hydrazone groups is 1. The number of amides is 2. The molecule has 0 saturated heterocycles. The van der Waals surface area contributed by atoms with Crippen molar-refractivity contribution in [2.75, 3.05) is 19.5 Å². The van der Waals surface area contributed by atoms with E-state index < -0.39 is 17.8 Å². The normalized spacial score (nSPS) is 10.5. The Bertz CT molecular complexity index is 1290. The molecular formula is C25H22ClN3O6. The van der Waals surface area contributed by atoms with Crippen molar-refractivity contribution in [3.63, 3.8) is 0 Å². The highest BCUT2D eigenvalue weighted by molar-refractivity contribution is 6.39. The molecule has 3 aromatic rings. The van der Waals surface area contributed by atoms with Crippen LogP contribution in [0, 0.1) is 6.92 Å². The smallest absolute Gasteiger partial charge is 0.347 e. The maximum absolute atomic E-state index is 12.5. The fraction of sp³-hybridized carbons (Fsp3) is 0.120. The molecule has 0 radical (unpaired) electrons. The number of nitrogens with zero attached hydrogens (tertiary/aromatic N) is 1. The van der Waals surface area contributed by atoms with Crippen LogP contribution in [-0.2, 0) is 9.59 Å². The van der Waals surface area contributed by atoms with Gasteiger partial charge in [-0.15, -0.1) is 0 Å². The van der Waals surface area contributed by atoms with Crippen molar-refractivity contribution < 1.29 is 28.6 Å². The zero-order chi connectivity index (χ0) is 25.4. The molecule has 0 atom stereocenters. The first-order valence-electron chi connectivity index (χ1n) is 10.3.